The van der Waals surface area contributed by atoms with Crippen LogP contribution < -0.4 is 10.6 Å². The van der Waals surface area contributed by atoms with Crippen LogP contribution in [0.4, 0.5) is 5.95 Å². The highest BCUT2D eigenvalue weighted by Gasteiger charge is 2.13. The van der Waals surface area contributed by atoms with E-state index in [0.29, 0.717) is 17.1 Å². The summed E-state index contributed by atoms with van der Waals surface area (Å²) in [5.74, 6) is 0.624. The van der Waals surface area contributed by atoms with Gasteiger partial charge in [-0.2, -0.15) is 0 Å². The van der Waals surface area contributed by atoms with Crippen molar-refractivity contribution in [2.75, 3.05) is 18.4 Å². The van der Waals surface area contributed by atoms with Gasteiger partial charge in [0.2, 0.25) is 5.95 Å². The molecule has 1 saturated heterocycles. The zero-order chi connectivity index (χ0) is 10.7. The van der Waals surface area contributed by atoms with E-state index in [9.17, 15) is 0 Å². The van der Waals surface area contributed by atoms with Crippen LogP contribution in [-0.4, -0.2) is 29.1 Å². The fraction of sp³-hybridized carbons (Fsp3) is 0.600. The molecule has 0 amide bonds. The van der Waals surface area contributed by atoms with Crippen LogP contribution >= 0.6 is 11.6 Å². The molecule has 0 aromatic carbocycles. The zero-order valence-corrected chi connectivity index (χ0v) is 9.51. The van der Waals surface area contributed by atoms with Crippen LogP contribution in [0.25, 0.3) is 0 Å². The monoisotopic (exact) mass is 226 g/mol. The van der Waals surface area contributed by atoms with Crippen molar-refractivity contribution in [2.24, 2.45) is 0 Å². The highest BCUT2D eigenvalue weighted by molar-refractivity contribution is 6.30. The van der Waals surface area contributed by atoms with Gasteiger partial charge in [-0.25, -0.2) is 9.97 Å². The maximum Gasteiger partial charge on any atom is 0.224 e. The van der Waals surface area contributed by atoms with Crippen molar-refractivity contribution >= 4 is 17.5 Å². The standard InChI is InChI=1S/C10H15ClN4/c1-7-5-13-10(15-9(7)11)14-8-3-2-4-12-6-8/h5,8,12H,2-4,6H2,1H3,(H,13,14,15). The fourth-order valence-electron chi connectivity index (χ4n) is 1.65. The average molecular weight is 227 g/mol. The minimum absolute atomic E-state index is 0.414. The first-order valence-corrected chi connectivity index (χ1v) is 5.60. The van der Waals surface area contributed by atoms with E-state index in [4.69, 9.17) is 11.6 Å². The largest absolute Gasteiger partial charge is 0.350 e. The summed E-state index contributed by atoms with van der Waals surface area (Å²) in [6.07, 6.45) is 4.09. The first kappa shape index (κ1) is 10.6. The summed E-state index contributed by atoms with van der Waals surface area (Å²) in [6, 6.07) is 0.414. The van der Waals surface area contributed by atoms with Gasteiger partial charge in [0.1, 0.15) is 5.15 Å². The van der Waals surface area contributed by atoms with E-state index in [-0.39, 0.29) is 0 Å². The SMILES string of the molecule is Cc1cnc(NC2CCCNC2)nc1Cl. The van der Waals surface area contributed by atoms with Gasteiger partial charge in [-0.05, 0) is 26.3 Å². The highest BCUT2D eigenvalue weighted by atomic mass is 35.5. The van der Waals surface area contributed by atoms with E-state index >= 15 is 0 Å². The van der Waals surface area contributed by atoms with Crippen LogP contribution in [0.1, 0.15) is 18.4 Å². The number of aromatic nitrogens is 2. The Morgan fingerprint density at radius 3 is 3.13 bits per heavy atom. The Balaban J connectivity index is 2.00. The Morgan fingerprint density at radius 1 is 1.60 bits per heavy atom. The number of aryl methyl sites for hydroxylation is 1. The Morgan fingerprint density at radius 2 is 2.47 bits per heavy atom. The van der Waals surface area contributed by atoms with Crippen molar-refractivity contribution in [3.05, 3.63) is 16.9 Å². The van der Waals surface area contributed by atoms with Crippen molar-refractivity contribution in [1.29, 1.82) is 0 Å². The van der Waals surface area contributed by atoms with Crippen LogP contribution in [0, 0.1) is 6.92 Å². The molecule has 0 aliphatic carbocycles. The number of hydrogen-bond acceptors (Lipinski definition) is 4. The summed E-state index contributed by atoms with van der Waals surface area (Å²) in [7, 11) is 0. The van der Waals surface area contributed by atoms with Gasteiger partial charge < -0.3 is 10.6 Å². The number of anilines is 1. The van der Waals surface area contributed by atoms with Gasteiger partial charge in [0.25, 0.3) is 0 Å². The third-order valence-electron chi connectivity index (χ3n) is 2.54. The first-order valence-electron chi connectivity index (χ1n) is 5.22. The molecule has 82 valence electrons. The summed E-state index contributed by atoms with van der Waals surface area (Å²) in [6.45, 7) is 3.97. The lowest BCUT2D eigenvalue weighted by Gasteiger charge is -2.23. The summed E-state index contributed by atoms with van der Waals surface area (Å²) in [4.78, 5) is 8.38. The molecule has 2 N–H and O–H groups in total. The van der Waals surface area contributed by atoms with Gasteiger partial charge in [0.05, 0.1) is 0 Å². The molecule has 0 spiro atoms. The second-order valence-corrected chi connectivity index (χ2v) is 4.21. The van der Waals surface area contributed by atoms with Gasteiger partial charge in [-0.15, -0.1) is 0 Å². The Bertz CT molecular complexity index is 336. The molecular formula is C10H15ClN4. The molecule has 2 heterocycles. The number of halogens is 1. The Hall–Kier alpha value is -0.870. The maximum atomic E-state index is 5.92. The van der Waals surface area contributed by atoms with Gasteiger partial charge in [-0.1, -0.05) is 11.6 Å². The molecule has 1 atom stereocenters. The van der Waals surface area contributed by atoms with E-state index in [1.165, 1.54) is 6.42 Å². The number of hydrogen-bond donors (Lipinski definition) is 2. The van der Waals surface area contributed by atoms with Crippen LogP contribution in [-0.2, 0) is 0 Å². The second-order valence-electron chi connectivity index (χ2n) is 3.86. The molecule has 1 aromatic heterocycles. The topological polar surface area (TPSA) is 49.8 Å². The van der Waals surface area contributed by atoms with Crippen molar-refractivity contribution in [3.8, 4) is 0 Å². The predicted molar refractivity (Wildman–Crippen MR) is 61.3 cm³/mol. The van der Waals surface area contributed by atoms with Crippen LogP contribution in [0.15, 0.2) is 6.20 Å². The molecule has 0 saturated carbocycles. The smallest absolute Gasteiger partial charge is 0.224 e. The Kier molecular flexibility index (Phi) is 3.38. The van der Waals surface area contributed by atoms with E-state index in [1.807, 2.05) is 6.92 Å². The quantitative estimate of drug-likeness (QED) is 0.753. The lowest BCUT2D eigenvalue weighted by atomic mass is 10.1. The lowest BCUT2D eigenvalue weighted by molar-refractivity contribution is 0.478. The predicted octanol–water partition coefficient (Wildman–Crippen LogP) is 1.60. The van der Waals surface area contributed by atoms with Crippen molar-refractivity contribution in [1.82, 2.24) is 15.3 Å². The number of piperidine rings is 1. The maximum absolute atomic E-state index is 5.92. The van der Waals surface area contributed by atoms with E-state index in [2.05, 4.69) is 20.6 Å². The van der Waals surface area contributed by atoms with Crippen LogP contribution in [0.2, 0.25) is 5.15 Å². The molecule has 5 heteroatoms. The molecule has 1 unspecified atom stereocenters. The normalized spacial score (nSPS) is 21.3. The highest BCUT2D eigenvalue weighted by Crippen LogP contribution is 2.14. The van der Waals surface area contributed by atoms with E-state index < -0.39 is 0 Å². The molecule has 1 aliphatic heterocycles. The number of nitrogens with one attached hydrogen (secondary N) is 2. The van der Waals surface area contributed by atoms with Crippen molar-refractivity contribution < 1.29 is 0 Å². The molecule has 1 aromatic rings. The minimum Gasteiger partial charge on any atom is -0.350 e. The molecule has 2 rings (SSSR count). The summed E-state index contributed by atoms with van der Waals surface area (Å²) >= 11 is 5.92. The Labute approximate surface area is 94.5 Å². The summed E-state index contributed by atoms with van der Waals surface area (Å²) in [5, 5.41) is 7.13. The molecule has 15 heavy (non-hydrogen) atoms. The molecular weight excluding hydrogens is 212 g/mol. The number of nitrogens with zero attached hydrogens (tertiary/aromatic N) is 2. The molecule has 1 aliphatic rings. The molecule has 4 nitrogen and oxygen atoms in total. The fourth-order valence-corrected chi connectivity index (χ4v) is 1.78. The van der Waals surface area contributed by atoms with Gasteiger partial charge in [-0.3, -0.25) is 0 Å². The van der Waals surface area contributed by atoms with E-state index in [0.717, 1.165) is 25.1 Å². The summed E-state index contributed by atoms with van der Waals surface area (Å²) in [5.41, 5.74) is 0.906. The van der Waals surface area contributed by atoms with Gasteiger partial charge in [0, 0.05) is 24.3 Å². The number of rotatable bonds is 2. The zero-order valence-electron chi connectivity index (χ0n) is 8.76. The first-order chi connectivity index (χ1) is 7.25. The average Bonchev–Trinajstić information content (AvgIpc) is 2.25. The molecule has 0 bridgehead atoms. The second kappa shape index (κ2) is 4.77. The summed E-state index contributed by atoms with van der Waals surface area (Å²) < 4.78 is 0. The minimum atomic E-state index is 0.414. The lowest BCUT2D eigenvalue weighted by Crippen LogP contribution is -2.38. The van der Waals surface area contributed by atoms with Crippen LogP contribution in [0.5, 0.6) is 0 Å². The third-order valence-corrected chi connectivity index (χ3v) is 2.92. The van der Waals surface area contributed by atoms with Crippen molar-refractivity contribution in [2.45, 2.75) is 25.8 Å². The van der Waals surface area contributed by atoms with Gasteiger partial charge >= 0.3 is 0 Å². The third kappa shape index (κ3) is 2.79. The van der Waals surface area contributed by atoms with Gasteiger partial charge in [0.15, 0.2) is 0 Å². The van der Waals surface area contributed by atoms with Crippen molar-refractivity contribution in [3.63, 3.8) is 0 Å². The van der Waals surface area contributed by atoms with E-state index in [1.54, 1.807) is 6.20 Å². The molecule has 1 fully saturated rings. The molecule has 0 radical (unpaired) electrons. The van der Waals surface area contributed by atoms with Crippen LogP contribution in [0.3, 0.4) is 0 Å².